The molecule has 1 amide bonds. The van der Waals surface area contributed by atoms with E-state index in [1.807, 2.05) is 59.2 Å². The molecule has 0 radical (unpaired) electrons. The molecule has 1 aliphatic rings. The summed E-state index contributed by atoms with van der Waals surface area (Å²) in [6, 6.07) is 16.8. The summed E-state index contributed by atoms with van der Waals surface area (Å²) >= 11 is 0. The van der Waals surface area contributed by atoms with Gasteiger partial charge >= 0.3 is 5.97 Å². The molecule has 1 aromatic heterocycles. The van der Waals surface area contributed by atoms with Gasteiger partial charge in [0.1, 0.15) is 0 Å². The van der Waals surface area contributed by atoms with Crippen molar-refractivity contribution in [3.8, 4) is 0 Å². The third kappa shape index (κ3) is 2.37. The van der Waals surface area contributed by atoms with Gasteiger partial charge in [-0.2, -0.15) is 0 Å². The number of esters is 1. The number of ether oxygens (including phenoxy) is 1. The van der Waals surface area contributed by atoms with E-state index in [0.29, 0.717) is 5.95 Å². The molecule has 4 rings (SSSR count). The highest BCUT2D eigenvalue weighted by molar-refractivity contribution is 6.08. The lowest BCUT2D eigenvalue weighted by atomic mass is 9.89. The molecule has 132 valence electrons. The van der Waals surface area contributed by atoms with E-state index in [0.717, 1.165) is 16.6 Å². The predicted octanol–water partition coefficient (Wildman–Crippen LogP) is 2.78. The molecule has 0 aliphatic carbocycles. The number of nitrogens with zero attached hydrogens (tertiary/aromatic N) is 3. The van der Waals surface area contributed by atoms with Crippen LogP contribution in [0.2, 0.25) is 0 Å². The second-order valence-electron chi connectivity index (χ2n) is 6.25. The zero-order valence-electron chi connectivity index (χ0n) is 14.6. The molecule has 0 unspecified atom stereocenters. The monoisotopic (exact) mass is 349 g/mol. The lowest BCUT2D eigenvalue weighted by Crippen LogP contribution is -2.48. The summed E-state index contributed by atoms with van der Waals surface area (Å²) < 4.78 is 7.20. The Morgan fingerprint density at radius 3 is 2.54 bits per heavy atom. The van der Waals surface area contributed by atoms with Crippen LogP contribution in [-0.4, -0.2) is 35.1 Å². The standard InChI is InChI=1S/C20H19N3O3/c1-3-26-19(25)16-17(13-9-5-4-6-10-13)23-15-12-8-7-11-14(15)21-20(23)22(2)18(16)24/h4-12,16-17H,3H2,1-2H3/t16-,17+/m1/s1. The van der Waals surface area contributed by atoms with Gasteiger partial charge in [-0.25, -0.2) is 4.98 Å². The fraction of sp³-hybridized carbons (Fsp3) is 0.250. The van der Waals surface area contributed by atoms with E-state index in [-0.39, 0.29) is 12.5 Å². The van der Waals surface area contributed by atoms with Gasteiger partial charge in [0.2, 0.25) is 11.9 Å². The van der Waals surface area contributed by atoms with Gasteiger partial charge in [-0.1, -0.05) is 42.5 Å². The third-order valence-electron chi connectivity index (χ3n) is 4.75. The molecule has 6 nitrogen and oxygen atoms in total. The molecule has 2 atom stereocenters. The lowest BCUT2D eigenvalue weighted by molar-refractivity contribution is -0.153. The Morgan fingerprint density at radius 2 is 1.81 bits per heavy atom. The molecule has 0 saturated heterocycles. The number of para-hydroxylation sites is 2. The topological polar surface area (TPSA) is 64.4 Å². The van der Waals surface area contributed by atoms with E-state index in [2.05, 4.69) is 4.98 Å². The number of fused-ring (bicyclic) bond motifs is 3. The number of hydrogen-bond acceptors (Lipinski definition) is 4. The molecular formula is C20H19N3O3. The molecule has 0 bridgehead atoms. The van der Waals surface area contributed by atoms with E-state index in [1.54, 1.807) is 14.0 Å². The number of rotatable bonds is 3. The van der Waals surface area contributed by atoms with Gasteiger partial charge in [-0.15, -0.1) is 0 Å². The summed E-state index contributed by atoms with van der Waals surface area (Å²) in [4.78, 5) is 31.8. The second kappa shape index (κ2) is 6.29. The summed E-state index contributed by atoms with van der Waals surface area (Å²) in [5.41, 5.74) is 2.54. The number of anilines is 1. The van der Waals surface area contributed by atoms with Crippen LogP contribution < -0.4 is 4.90 Å². The first-order chi connectivity index (χ1) is 12.6. The molecule has 2 heterocycles. The molecule has 0 spiro atoms. The Kier molecular flexibility index (Phi) is 3.95. The quantitative estimate of drug-likeness (QED) is 0.539. The van der Waals surface area contributed by atoms with E-state index in [1.165, 1.54) is 4.90 Å². The largest absolute Gasteiger partial charge is 0.465 e. The number of carbonyl (C=O) groups is 2. The van der Waals surface area contributed by atoms with Crippen LogP contribution >= 0.6 is 0 Å². The fourth-order valence-corrected chi connectivity index (χ4v) is 3.59. The van der Waals surface area contributed by atoms with Crippen molar-refractivity contribution < 1.29 is 14.3 Å². The molecule has 1 aliphatic heterocycles. The summed E-state index contributed by atoms with van der Waals surface area (Å²) in [5.74, 6) is -1.24. The average Bonchev–Trinajstić information content (AvgIpc) is 3.05. The Balaban J connectivity index is 2.00. The van der Waals surface area contributed by atoms with Crippen molar-refractivity contribution in [3.05, 3.63) is 60.2 Å². The van der Waals surface area contributed by atoms with Crippen molar-refractivity contribution in [2.24, 2.45) is 5.92 Å². The summed E-state index contributed by atoms with van der Waals surface area (Å²) in [7, 11) is 1.65. The average molecular weight is 349 g/mol. The number of imidazole rings is 1. The molecule has 2 aromatic carbocycles. The van der Waals surface area contributed by atoms with Crippen LogP contribution in [0.25, 0.3) is 11.0 Å². The lowest BCUT2D eigenvalue weighted by Gasteiger charge is -2.36. The number of carbonyl (C=O) groups excluding carboxylic acids is 2. The smallest absolute Gasteiger partial charge is 0.321 e. The van der Waals surface area contributed by atoms with Crippen molar-refractivity contribution in [3.63, 3.8) is 0 Å². The number of benzene rings is 2. The first-order valence-electron chi connectivity index (χ1n) is 8.59. The highest BCUT2D eigenvalue weighted by Gasteiger charge is 2.46. The van der Waals surface area contributed by atoms with Gasteiger partial charge in [0.25, 0.3) is 0 Å². The zero-order chi connectivity index (χ0) is 18.3. The fourth-order valence-electron chi connectivity index (χ4n) is 3.59. The molecule has 0 fully saturated rings. The third-order valence-corrected chi connectivity index (χ3v) is 4.75. The van der Waals surface area contributed by atoms with E-state index in [9.17, 15) is 9.59 Å². The highest BCUT2D eigenvalue weighted by atomic mass is 16.5. The normalized spacial score (nSPS) is 19.5. The summed E-state index contributed by atoms with van der Waals surface area (Å²) in [6.45, 7) is 1.97. The van der Waals surface area contributed by atoms with Gasteiger partial charge in [-0.3, -0.25) is 14.5 Å². The van der Waals surface area contributed by atoms with Crippen LogP contribution in [-0.2, 0) is 14.3 Å². The van der Waals surface area contributed by atoms with Crippen molar-refractivity contribution in [2.75, 3.05) is 18.6 Å². The van der Waals surface area contributed by atoms with Crippen LogP contribution in [0.15, 0.2) is 54.6 Å². The van der Waals surface area contributed by atoms with Gasteiger partial charge < -0.3 is 9.30 Å². The predicted molar refractivity (Wildman–Crippen MR) is 97.8 cm³/mol. The van der Waals surface area contributed by atoms with Gasteiger partial charge in [0.15, 0.2) is 5.92 Å². The highest BCUT2D eigenvalue weighted by Crippen LogP contribution is 2.40. The Morgan fingerprint density at radius 1 is 1.12 bits per heavy atom. The van der Waals surface area contributed by atoms with Gasteiger partial charge in [0.05, 0.1) is 23.7 Å². The maximum absolute atomic E-state index is 13.0. The zero-order valence-corrected chi connectivity index (χ0v) is 14.6. The summed E-state index contributed by atoms with van der Waals surface area (Å²) in [6.07, 6.45) is 0. The van der Waals surface area contributed by atoms with Gasteiger partial charge in [0, 0.05) is 7.05 Å². The molecular weight excluding hydrogens is 330 g/mol. The molecule has 0 saturated carbocycles. The van der Waals surface area contributed by atoms with Crippen LogP contribution in [0.3, 0.4) is 0 Å². The van der Waals surface area contributed by atoms with Gasteiger partial charge in [-0.05, 0) is 24.6 Å². The molecule has 3 aromatic rings. The Labute approximate surface area is 151 Å². The summed E-state index contributed by atoms with van der Waals surface area (Å²) in [5, 5.41) is 0. The van der Waals surface area contributed by atoms with Crippen molar-refractivity contribution >= 4 is 28.9 Å². The maximum atomic E-state index is 13.0. The number of hydrogen-bond donors (Lipinski definition) is 0. The van der Waals surface area contributed by atoms with Crippen LogP contribution in [0.5, 0.6) is 0 Å². The number of aromatic nitrogens is 2. The first-order valence-corrected chi connectivity index (χ1v) is 8.59. The van der Waals surface area contributed by atoms with Crippen LogP contribution in [0.1, 0.15) is 18.5 Å². The minimum atomic E-state index is -0.951. The van der Waals surface area contributed by atoms with Crippen molar-refractivity contribution in [2.45, 2.75) is 13.0 Å². The Bertz CT molecular complexity index is 980. The minimum absolute atomic E-state index is 0.228. The molecule has 0 N–H and O–H groups in total. The molecule has 6 heteroatoms. The molecule has 26 heavy (non-hydrogen) atoms. The van der Waals surface area contributed by atoms with Crippen LogP contribution in [0, 0.1) is 5.92 Å². The van der Waals surface area contributed by atoms with Crippen LogP contribution in [0.4, 0.5) is 5.95 Å². The maximum Gasteiger partial charge on any atom is 0.321 e. The number of amides is 1. The Hall–Kier alpha value is -3.15. The van der Waals surface area contributed by atoms with E-state index < -0.39 is 17.9 Å². The first kappa shape index (κ1) is 16.3. The van der Waals surface area contributed by atoms with E-state index >= 15 is 0 Å². The SMILES string of the molecule is CCOC(=O)[C@H]1C(=O)N(C)c2nc3ccccc3n2[C@H]1c1ccccc1. The minimum Gasteiger partial charge on any atom is -0.465 e. The van der Waals surface area contributed by atoms with Crippen molar-refractivity contribution in [1.29, 1.82) is 0 Å². The van der Waals surface area contributed by atoms with E-state index in [4.69, 9.17) is 4.74 Å². The second-order valence-corrected chi connectivity index (χ2v) is 6.25. The van der Waals surface area contributed by atoms with Crippen molar-refractivity contribution in [1.82, 2.24) is 9.55 Å².